The van der Waals surface area contributed by atoms with Gasteiger partial charge in [0.1, 0.15) is 5.76 Å². The molecule has 1 atom stereocenters. The number of anilines is 1. The number of nitrogens with zero attached hydrogens (tertiary/aromatic N) is 2. The minimum atomic E-state index is -0.433. The molecule has 1 fully saturated rings. The Kier molecular flexibility index (Phi) is 4.39. The number of carbonyl (C=O) groups is 2. The normalized spacial score (nSPS) is 16.0. The van der Waals surface area contributed by atoms with Gasteiger partial charge in [0, 0.05) is 12.1 Å². The van der Waals surface area contributed by atoms with Crippen LogP contribution in [0, 0.1) is 6.92 Å². The van der Waals surface area contributed by atoms with Crippen molar-refractivity contribution in [2.45, 2.75) is 38.8 Å². The summed E-state index contributed by atoms with van der Waals surface area (Å²) >= 11 is 0. The number of rotatable bonds is 6. The lowest BCUT2D eigenvalue weighted by atomic mass is 10.2. The molecule has 1 aromatic rings. The van der Waals surface area contributed by atoms with Gasteiger partial charge in [-0.15, -0.1) is 0 Å². The SMILES string of the molecule is Cc1cc(NC(=O)C(C)N(C)CC(=O)NC2CC2)no1. The summed E-state index contributed by atoms with van der Waals surface area (Å²) in [6.45, 7) is 3.69. The zero-order chi connectivity index (χ0) is 14.7. The average molecular weight is 280 g/mol. The van der Waals surface area contributed by atoms with Crippen LogP contribution >= 0.6 is 0 Å². The van der Waals surface area contributed by atoms with E-state index in [2.05, 4.69) is 15.8 Å². The molecule has 0 radical (unpaired) electrons. The summed E-state index contributed by atoms with van der Waals surface area (Å²) in [4.78, 5) is 25.4. The number of amides is 2. The van der Waals surface area contributed by atoms with Gasteiger partial charge in [0.2, 0.25) is 11.8 Å². The van der Waals surface area contributed by atoms with Gasteiger partial charge in [0.15, 0.2) is 5.82 Å². The van der Waals surface area contributed by atoms with Crippen LogP contribution in [0.3, 0.4) is 0 Å². The molecule has 0 bridgehead atoms. The first-order valence-corrected chi connectivity index (χ1v) is 6.69. The molecule has 110 valence electrons. The van der Waals surface area contributed by atoms with Gasteiger partial charge >= 0.3 is 0 Å². The van der Waals surface area contributed by atoms with E-state index in [-0.39, 0.29) is 18.4 Å². The molecule has 1 heterocycles. The van der Waals surface area contributed by atoms with Gasteiger partial charge in [0.25, 0.3) is 0 Å². The Bertz CT molecular complexity index is 496. The second-order valence-electron chi connectivity index (χ2n) is 5.24. The lowest BCUT2D eigenvalue weighted by Gasteiger charge is -2.22. The van der Waals surface area contributed by atoms with Crippen molar-refractivity contribution >= 4 is 17.6 Å². The van der Waals surface area contributed by atoms with Gasteiger partial charge in [-0.1, -0.05) is 5.16 Å². The molecule has 2 rings (SSSR count). The van der Waals surface area contributed by atoms with Gasteiger partial charge < -0.3 is 15.2 Å². The molecule has 2 N–H and O–H groups in total. The second kappa shape index (κ2) is 6.04. The lowest BCUT2D eigenvalue weighted by molar-refractivity contribution is -0.124. The van der Waals surface area contributed by atoms with Gasteiger partial charge in [-0.3, -0.25) is 14.5 Å². The van der Waals surface area contributed by atoms with Crippen molar-refractivity contribution in [2.75, 3.05) is 18.9 Å². The van der Waals surface area contributed by atoms with Crippen LogP contribution in [0.4, 0.5) is 5.82 Å². The summed E-state index contributed by atoms with van der Waals surface area (Å²) < 4.78 is 4.88. The lowest BCUT2D eigenvalue weighted by Crippen LogP contribution is -2.45. The number of aromatic nitrogens is 1. The van der Waals surface area contributed by atoms with Crippen molar-refractivity contribution in [1.29, 1.82) is 0 Å². The van der Waals surface area contributed by atoms with E-state index in [0.717, 1.165) is 12.8 Å². The average Bonchev–Trinajstić information content (AvgIpc) is 3.09. The minimum Gasteiger partial charge on any atom is -0.360 e. The topological polar surface area (TPSA) is 87.5 Å². The van der Waals surface area contributed by atoms with E-state index >= 15 is 0 Å². The zero-order valence-electron chi connectivity index (χ0n) is 12.0. The first-order valence-electron chi connectivity index (χ1n) is 6.69. The number of hydrogen-bond donors (Lipinski definition) is 2. The molecule has 1 aliphatic carbocycles. The maximum absolute atomic E-state index is 12.0. The Hall–Kier alpha value is -1.89. The van der Waals surface area contributed by atoms with Crippen LogP contribution in [0.25, 0.3) is 0 Å². The smallest absolute Gasteiger partial charge is 0.242 e. The highest BCUT2D eigenvalue weighted by Gasteiger charge is 2.25. The van der Waals surface area contributed by atoms with Crippen LogP contribution in [0.2, 0.25) is 0 Å². The molecule has 1 unspecified atom stereocenters. The van der Waals surface area contributed by atoms with Gasteiger partial charge in [-0.25, -0.2) is 0 Å². The van der Waals surface area contributed by atoms with Crippen LogP contribution in [-0.2, 0) is 9.59 Å². The largest absolute Gasteiger partial charge is 0.360 e. The Morgan fingerprint density at radius 1 is 1.55 bits per heavy atom. The summed E-state index contributed by atoms with van der Waals surface area (Å²) in [5.41, 5.74) is 0. The summed E-state index contributed by atoms with van der Waals surface area (Å²) in [6, 6.07) is 1.54. The predicted molar refractivity (Wildman–Crippen MR) is 73.1 cm³/mol. The third-order valence-electron chi connectivity index (χ3n) is 3.26. The first-order chi connectivity index (χ1) is 9.45. The molecule has 1 saturated carbocycles. The summed E-state index contributed by atoms with van der Waals surface area (Å²) in [7, 11) is 1.74. The number of hydrogen-bond acceptors (Lipinski definition) is 5. The van der Waals surface area contributed by atoms with Crippen molar-refractivity contribution in [2.24, 2.45) is 0 Å². The van der Waals surface area contributed by atoms with Crippen molar-refractivity contribution < 1.29 is 14.1 Å². The van der Waals surface area contributed by atoms with E-state index in [4.69, 9.17) is 4.52 Å². The van der Waals surface area contributed by atoms with Gasteiger partial charge in [-0.05, 0) is 33.7 Å². The molecule has 0 saturated heterocycles. The molecule has 1 aromatic heterocycles. The molecule has 0 spiro atoms. The Morgan fingerprint density at radius 3 is 2.80 bits per heavy atom. The molecule has 20 heavy (non-hydrogen) atoms. The predicted octanol–water partition coefficient (Wildman–Crippen LogP) is 0.520. The quantitative estimate of drug-likeness (QED) is 0.793. The van der Waals surface area contributed by atoms with Crippen LogP contribution in [0.5, 0.6) is 0 Å². The highest BCUT2D eigenvalue weighted by atomic mass is 16.5. The highest BCUT2D eigenvalue weighted by molar-refractivity contribution is 5.94. The fourth-order valence-corrected chi connectivity index (χ4v) is 1.72. The van der Waals surface area contributed by atoms with E-state index in [1.54, 1.807) is 31.9 Å². The van der Waals surface area contributed by atoms with Gasteiger partial charge in [-0.2, -0.15) is 0 Å². The van der Waals surface area contributed by atoms with Crippen molar-refractivity contribution in [3.8, 4) is 0 Å². The van der Waals surface area contributed by atoms with Gasteiger partial charge in [0.05, 0.1) is 12.6 Å². The van der Waals surface area contributed by atoms with Crippen molar-refractivity contribution in [1.82, 2.24) is 15.4 Å². The molecule has 7 heteroatoms. The maximum Gasteiger partial charge on any atom is 0.242 e. The van der Waals surface area contributed by atoms with Crippen LogP contribution < -0.4 is 10.6 Å². The van der Waals surface area contributed by atoms with Crippen molar-refractivity contribution in [3.63, 3.8) is 0 Å². The molecule has 0 aromatic carbocycles. The Morgan fingerprint density at radius 2 is 2.25 bits per heavy atom. The first kappa shape index (κ1) is 14.5. The molecule has 1 aliphatic rings. The number of aryl methyl sites for hydroxylation is 1. The van der Waals surface area contributed by atoms with E-state index in [1.807, 2.05) is 0 Å². The number of nitrogens with one attached hydrogen (secondary N) is 2. The molecular weight excluding hydrogens is 260 g/mol. The summed E-state index contributed by atoms with van der Waals surface area (Å²) in [6.07, 6.45) is 2.11. The molecule has 0 aliphatic heterocycles. The monoisotopic (exact) mass is 280 g/mol. The molecular formula is C13H20N4O3. The molecule has 2 amide bonds. The summed E-state index contributed by atoms with van der Waals surface area (Å²) in [5.74, 6) is 0.743. The van der Waals surface area contributed by atoms with E-state index in [9.17, 15) is 9.59 Å². The minimum absolute atomic E-state index is 0.0491. The third-order valence-corrected chi connectivity index (χ3v) is 3.26. The zero-order valence-corrected chi connectivity index (χ0v) is 12.0. The number of carbonyl (C=O) groups excluding carboxylic acids is 2. The maximum atomic E-state index is 12.0. The summed E-state index contributed by atoms with van der Waals surface area (Å²) in [5, 5.41) is 9.25. The fourth-order valence-electron chi connectivity index (χ4n) is 1.72. The van der Waals surface area contributed by atoms with E-state index < -0.39 is 6.04 Å². The van der Waals surface area contributed by atoms with E-state index in [1.165, 1.54) is 0 Å². The van der Waals surface area contributed by atoms with Crippen LogP contribution in [-0.4, -0.2) is 47.5 Å². The number of likely N-dealkylation sites (N-methyl/N-ethyl adjacent to an activating group) is 1. The fraction of sp³-hybridized carbons (Fsp3) is 0.615. The second-order valence-corrected chi connectivity index (χ2v) is 5.24. The van der Waals surface area contributed by atoms with E-state index in [0.29, 0.717) is 17.6 Å². The third kappa shape index (κ3) is 4.06. The Balaban J connectivity index is 1.80. The highest BCUT2D eigenvalue weighted by Crippen LogP contribution is 2.18. The van der Waals surface area contributed by atoms with Crippen LogP contribution in [0.15, 0.2) is 10.6 Å². The standard InChI is InChI=1S/C13H20N4O3/c1-8-6-11(16-20-8)15-13(19)9(2)17(3)7-12(18)14-10-4-5-10/h6,9-10H,4-5,7H2,1-3H3,(H,14,18)(H,15,16,19). The Labute approximate surface area is 117 Å². The van der Waals surface area contributed by atoms with Crippen molar-refractivity contribution in [3.05, 3.63) is 11.8 Å². The van der Waals surface area contributed by atoms with Crippen LogP contribution in [0.1, 0.15) is 25.5 Å². The molecule has 7 nitrogen and oxygen atoms in total.